The number of pyridine rings is 1. The lowest BCUT2D eigenvalue weighted by atomic mass is 9.93. The van der Waals surface area contributed by atoms with Crippen LogP contribution in [0.3, 0.4) is 0 Å². The Morgan fingerprint density at radius 1 is 1.02 bits per heavy atom. The van der Waals surface area contributed by atoms with Gasteiger partial charge in [0.15, 0.2) is 0 Å². The molecule has 3 aromatic carbocycles. The van der Waals surface area contributed by atoms with Crippen LogP contribution in [0.25, 0.3) is 29.1 Å². The van der Waals surface area contributed by atoms with Gasteiger partial charge in [-0.1, -0.05) is 90.5 Å². The third kappa shape index (κ3) is 7.68. The van der Waals surface area contributed by atoms with E-state index in [0.717, 1.165) is 57.4 Å². The fourth-order valence-corrected chi connectivity index (χ4v) is 6.63. The van der Waals surface area contributed by atoms with Crippen LogP contribution >= 0.6 is 23.4 Å². The van der Waals surface area contributed by atoms with Gasteiger partial charge in [0.05, 0.1) is 23.2 Å². The summed E-state index contributed by atoms with van der Waals surface area (Å²) >= 11 is 7.94. The van der Waals surface area contributed by atoms with Gasteiger partial charge in [0.1, 0.15) is 0 Å². The van der Waals surface area contributed by atoms with E-state index in [-0.39, 0.29) is 17.1 Å². The minimum Gasteiger partial charge on any atom is -0.481 e. The monoisotopic (exact) mass is 583 g/mol. The molecule has 1 saturated carbocycles. The Bertz CT molecular complexity index is 1620. The van der Waals surface area contributed by atoms with Crippen molar-refractivity contribution in [3.63, 3.8) is 0 Å². The molecule has 0 aliphatic heterocycles. The molecule has 0 saturated heterocycles. The molecular formula is C35H34ClNO3S. The predicted octanol–water partition coefficient (Wildman–Crippen LogP) is 9.03. The zero-order chi connectivity index (χ0) is 29.0. The number of aromatic nitrogens is 1. The zero-order valence-corrected chi connectivity index (χ0v) is 24.8. The second-order valence-corrected chi connectivity index (χ2v) is 13.0. The first kappa shape index (κ1) is 29.1. The van der Waals surface area contributed by atoms with E-state index in [1.54, 1.807) is 25.6 Å². The number of nitrogens with zero attached hydrogens (tertiary/aromatic N) is 1. The number of halogens is 1. The molecule has 210 valence electrons. The van der Waals surface area contributed by atoms with E-state index in [9.17, 15) is 15.0 Å². The van der Waals surface area contributed by atoms with Crippen LogP contribution in [0.2, 0.25) is 5.02 Å². The Labute approximate surface area is 250 Å². The van der Waals surface area contributed by atoms with Crippen molar-refractivity contribution in [2.45, 2.75) is 44.0 Å². The Hall–Kier alpha value is -3.38. The number of aliphatic hydroxyl groups is 1. The summed E-state index contributed by atoms with van der Waals surface area (Å²) in [6.45, 7) is 3.59. The second-order valence-electron chi connectivity index (χ2n) is 11.4. The van der Waals surface area contributed by atoms with Crippen LogP contribution in [0.15, 0.2) is 84.9 Å². The summed E-state index contributed by atoms with van der Waals surface area (Å²) in [5, 5.41) is 21.9. The van der Waals surface area contributed by atoms with Crippen molar-refractivity contribution >= 4 is 58.5 Å². The van der Waals surface area contributed by atoms with Gasteiger partial charge in [-0.2, -0.15) is 0 Å². The van der Waals surface area contributed by atoms with Crippen LogP contribution in [-0.4, -0.2) is 26.9 Å². The molecule has 0 unspecified atom stereocenters. The third-order valence-corrected chi connectivity index (χ3v) is 9.29. The molecule has 0 bridgehead atoms. The summed E-state index contributed by atoms with van der Waals surface area (Å²) in [5.74, 6) is 0.0523. The first-order valence-corrected chi connectivity index (χ1v) is 15.2. The number of thioether (sulfide) groups is 1. The summed E-state index contributed by atoms with van der Waals surface area (Å²) in [6.07, 6.45) is 10.4. The van der Waals surface area contributed by atoms with E-state index < -0.39 is 11.6 Å². The number of carboxylic acid groups (broad SMARTS) is 1. The maximum Gasteiger partial charge on any atom is 0.303 e. The normalized spacial score (nSPS) is 15.5. The summed E-state index contributed by atoms with van der Waals surface area (Å²) in [7, 11) is 0. The highest BCUT2D eigenvalue weighted by molar-refractivity contribution is 7.99. The number of carbonyl (C=O) groups is 1. The van der Waals surface area contributed by atoms with Crippen LogP contribution in [0.4, 0.5) is 0 Å². The van der Waals surface area contributed by atoms with Crippen molar-refractivity contribution in [1.29, 1.82) is 0 Å². The Kier molecular flexibility index (Phi) is 8.69. The summed E-state index contributed by atoms with van der Waals surface area (Å²) in [5.41, 5.74) is 4.66. The molecule has 0 spiro atoms. The molecule has 1 aliphatic carbocycles. The third-order valence-electron chi connectivity index (χ3n) is 7.48. The molecule has 1 fully saturated rings. The van der Waals surface area contributed by atoms with Crippen LogP contribution < -0.4 is 0 Å². The topological polar surface area (TPSA) is 70.4 Å². The fraction of sp³-hybridized carbons (Fsp3) is 0.257. The first-order chi connectivity index (χ1) is 19.6. The molecule has 41 heavy (non-hydrogen) atoms. The average Bonchev–Trinajstić information content (AvgIpc) is 3.70. The Balaban J connectivity index is 1.42. The number of carboxylic acids is 1. The first-order valence-electron chi connectivity index (χ1n) is 13.8. The largest absolute Gasteiger partial charge is 0.481 e. The van der Waals surface area contributed by atoms with Crippen LogP contribution in [-0.2, 0) is 10.4 Å². The molecule has 2 N–H and O–H groups in total. The van der Waals surface area contributed by atoms with Crippen LogP contribution in [0.1, 0.15) is 66.3 Å². The van der Waals surface area contributed by atoms with Gasteiger partial charge in [-0.05, 0) is 78.6 Å². The van der Waals surface area contributed by atoms with Gasteiger partial charge in [-0.25, -0.2) is 4.98 Å². The smallest absolute Gasteiger partial charge is 0.303 e. The van der Waals surface area contributed by atoms with E-state index in [2.05, 4.69) is 42.5 Å². The molecule has 5 rings (SSSR count). The second kappa shape index (κ2) is 12.2. The van der Waals surface area contributed by atoms with Crippen LogP contribution in [0, 0.1) is 5.41 Å². The summed E-state index contributed by atoms with van der Waals surface area (Å²) in [4.78, 5) is 16.2. The molecule has 1 heterocycles. The Morgan fingerprint density at radius 2 is 1.80 bits per heavy atom. The zero-order valence-electron chi connectivity index (χ0n) is 23.3. The molecule has 0 amide bonds. The van der Waals surface area contributed by atoms with E-state index in [1.165, 1.54) is 0 Å². The number of hydrogen-bond donors (Lipinski definition) is 2. The lowest BCUT2D eigenvalue weighted by Crippen LogP contribution is -2.16. The molecule has 6 heteroatoms. The molecular weight excluding hydrogens is 550 g/mol. The number of hydrogen-bond acceptors (Lipinski definition) is 4. The minimum atomic E-state index is -0.962. The fourth-order valence-electron chi connectivity index (χ4n) is 5.01. The highest BCUT2D eigenvalue weighted by Gasteiger charge is 2.44. The van der Waals surface area contributed by atoms with E-state index in [4.69, 9.17) is 16.6 Å². The minimum absolute atomic E-state index is 0.0189. The van der Waals surface area contributed by atoms with Crippen molar-refractivity contribution in [2.24, 2.45) is 5.41 Å². The molecule has 4 aromatic rings. The molecule has 1 aliphatic rings. The van der Waals surface area contributed by atoms with Gasteiger partial charge in [-0.3, -0.25) is 4.79 Å². The Morgan fingerprint density at radius 3 is 2.56 bits per heavy atom. The lowest BCUT2D eigenvalue weighted by Gasteiger charge is -2.21. The van der Waals surface area contributed by atoms with Crippen molar-refractivity contribution in [3.8, 4) is 0 Å². The van der Waals surface area contributed by atoms with E-state index in [1.807, 2.05) is 60.7 Å². The number of aliphatic carboxylic acids is 1. The molecule has 1 atom stereocenters. The number of benzene rings is 3. The summed E-state index contributed by atoms with van der Waals surface area (Å²) < 4.78 is 0. The predicted molar refractivity (Wildman–Crippen MR) is 172 cm³/mol. The number of fused-ring (bicyclic) bond motifs is 1. The van der Waals surface area contributed by atoms with Crippen molar-refractivity contribution in [3.05, 3.63) is 118 Å². The van der Waals surface area contributed by atoms with E-state index >= 15 is 0 Å². The molecule has 0 radical (unpaired) electrons. The van der Waals surface area contributed by atoms with Gasteiger partial charge in [0, 0.05) is 21.4 Å². The van der Waals surface area contributed by atoms with Crippen molar-refractivity contribution in [1.82, 2.24) is 4.98 Å². The van der Waals surface area contributed by atoms with Gasteiger partial charge in [0.2, 0.25) is 0 Å². The van der Waals surface area contributed by atoms with Crippen molar-refractivity contribution < 1.29 is 15.0 Å². The van der Waals surface area contributed by atoms with Crippen molar-refractivity contribution in [2.75, 3.05) is 5.75 Å². The molecule has 4 nitrogen and oxygen atoms in total. The standard InChI is InChI=1S/C35H34ClNO3S/c1-34(2,40)30-9-4-3-7-25(30)13-17-32(41-23-35(18-19-35)22-33(38)39)27-8-5-6-24(20-27)10-15-29-16-12-26-11-14-28(36)21-31(26)37-29/h3-17,20-21,32,40H,18-19,22-23H2,1-2H3,(H,38,39)/b15-10+,17-13+/t32-/m0/s1. The average molecular weight is 584 g/mol. The van der Waals surface area contributed by atoms with Gasteiger partial charge in [-0.15, -0.1) is 11.8 Å². The SMILES string of the molecule is CC(C)(O)c1ccccc1/C=C/[C@H](SCC1(CC(=O)O)CC1)c1cccc(/C=C/c2ccc3ccc(Cl)cc3n2)c1. The lowest BCUT2D eigenvalue weighted by molar-refractivity contribution is -0.138. The highest BCUT2D eigenvalue weighted by Crippen LogP contribution is 2.53. The molecule has 1 aromatic heterocycles. The highest BCUT2D eigenvalue weighted by atomic mass is 35.5. The van der Waals surface area contributed by atoms with Crippen LogP contribution in [0.5, 0.6) is 0 Å². The maximum atomic E-state index is 11.5. The maximum absolute atomic E-state index is 11.5. The van der Waals surface area contributed by atoms with Gasteiger partial charge >= 0.3 is 5.97 Å². The quantitative estimate of drug-likeness (QED) is 0.184. The van der Waals surface area contributed by atoms with Gasteiger partial charge in [0.25, 0.3) is 0 Å². The van der Waals surface area contributed by atoms with Gasteiger partial charge < -0.3 is 10.2 Å². The number of rotatable bonds is 11. The summed E-state index contributed by atoms with van der Waals surface area (Å²) in [6, 6.07) is 26.0. The van der Waals surface area contributed by atoms with E-state index in [0.29, 0.717) is 5.02 Å².